The Hall–Kier alpha value is -1.30. The van der Waals surface area contributed by atoms with Crippen LogP contribution in [0.4, 0.5) is 4.79 Å². The Morgan fingerprint density at radius 3 is 2.38 bits per heavy atom. The molecule has 0 bridgehead atoms. The molecule has 0 radical (unpaired) electrons. The quantitative estimate of drug-likeness (QED) is 0.636. The zero-order valence-electron chi connectivity index (χ0n) is 13.6. The molecule has 1 saturated carbocycles. The van der Waals surface area contributed by atoms with Gasteiger partial charge in [-0.3, -0.25) is 9.69 Å². The molecule has 1 unspecified atom stereocenters. The van der Waals surface area contributed by atoms with Gasteiger partial charge in [-0.2, -0.15) is 0 Å². The molecule has 0 saturated heterocycles. The van der Waals surface area contributed by atoms with Gasteiger partial charge >= 0.3 is 12.0 Å². The summed E-state index contributed by atoms with van der Waals surface area (Å²) < 4.78 is 0. The molecule has 6 nitrogen and oxygen atoms in total. The number of carbonyl (C=O) groups is 2. The summed E-state index contributed by atoms with van der Waals surface area (Å²) in [6, 6.07) is 0.474. The van der Waals surface area contributed by atoms with Gasteiger partial charge in [0.2, 0.25) is 0 Å². The topological polar surface area (TPSA) is 81.7 Å². The number of carboxylic acids is 1. The van der Waals surface area contributed by atoms with E-state index in [4.69, 9.17) is 5.11 Å². The van der Waals surface area contributed by atoms with Gasteiger partial charge in [-0.15, -0.1) is 0 Å². The minimum Gasteiger partial charge on any atom is -0.480 e. The summed E-state index contributed by atoms with van der Waals surface area (Å²) in [6.07, 6.45) is 2.61. The van der Waals surface area contributed by atoms with Crippen LogP contribution in [0.3, 0.4) is 0 Å². The van der Waals surface area contributed by atoms with E-state index < -0.39 is 5.97 Å². The number of hydrogen-bond acceptors (Lipinski definition) is 3. The van der Waals surface area contributed by atoms with Gasteiger partial charge in [0, 0.05) is 18.1 Å². The van der Waals surface area contributed by atoms with Gasteiger partial charge in [-0.25, -0.2) is 4.79 Å². The summed E-state index contributed by atoms with van der Waals surface area (Å²) in [7, 11) is 0. The SMILES string of the molecule is CCN(CC(=O)O)C1CC(NC(=O)NC(C)CC(C)C)C1. The van der Waals surface area contributed by atoms with E-state index in [1.165, 1.54) is 0 Å². The van der Waals surface area contributed by atoms with Crippen LogP contribution in [0.2, 0.25) is 0 Å². The number of amides is 2. The maximum Gasteiger partial charge on any atom is 0.317 e. The first-order valence-electron chi connectivity index (χ1n) is 7.84. The smallest absolute Gasteiger partial charge is 0.317 e. The van der Waals surface area contributed by atoms with Crippen LogP contribution in [-0.2, 0) is 4.79 Å². The Balaban J connectivity index is 2.24. The Morgan fingerprint density at radius 1 is 1.29 bits per heavy atom. The molecule has 1 fully saturated rings. The first-order chi connectivity index (χ1) is 9.81. The van der Waals surface area contributed by atoms with Crippen molar-refractivity contribution in [2.75, 3.05) is 13.1 Å². The highest BCUT2D eigenvalue weighted by atomic mass is 16.4. The number of carboxylic acid groups (broad SMARTS) is 1. The lowest BCUT2D eigenvalue weighted by atomic mass is 9.85. The number of aliphatic carboxylic acids is 1. The molecule has 0 aromatic rings. The van der Waals surface area contributed by atoms with E-state index >= 15 is 0 Å². The van der Waals surface area contributed by atoms with E-state index in [-0.39, 0.29) is 30.7 Å². The van der Waals surface area contributed by atoms with Crippen LogP contribution >= 0.6 is 0 Å². The van der Waals surface area contributed by atoms with E-state index in [1.807, 2.05) is 18.7 Å². The van der Waals surface area contributed by atoms with Crippen molar-refractivity contribution in [3.8, 4) is 0 Å². The predicted molar refractivity (Wildman–Crippen MR) is 82.3 cm³/mol. The predicted octanol–water partition coefficient (Wildman–Crippen LogP) is 1.66. The van der Waals surface area contributed by atoms with Crippen molar-refractivity contribution in [3.63, 3.8) is 0 Å². The van der Waals surface area contributed by atoms with E-state index in [0.29, 0.717) is 5.92 Å². The Labute approximate surface area is 127 Å². The fourth-order valence-corrected chi connectivity index (χ4v) is 2.89. The summed E-state index contributed by atoms with van der Waals surface area (Å²) in [5.41, 5.74) is 0. The van der Waals surface area contributed by atoms with Gasteiger partial charge in [0.25, 0.3) is 0 Å². The van der Waals surface area contributed by atoms with Crippen LogP contribution in [0.15, 0.2) is 0 Å². The highest BCUT2D eigenvalue weighted by Gasteiger charge is 2.34. The van der Waals surface area contributed by atoms with Crippen LogP contribution in [0.1, 0.15) is 47.0 Å². The molecule has 0 aromatic carbocycles. The molecular weight excluding hydrogens is 270 g/mol. The molecular formula is C15H29N3O3. The summed E-state index contributed by atoms with van der Waals surface area (Å²) in [4.78, 5) is 24.5. The number of carbonyl (C=O) groups excluding carboxylic acids is 1. The summed E-state index contributed by atoms with van der Waals surface area (Å²) >= 11 is 0. The molecule has 2 amide bonds. The molecule has 0 aromatic heterocycles. The van der Waals surface area contributed by atoms with Crippen molar-refractivity contribution in [2.24, 2.45) is 5.92 Å². The van der Waals surface area contributed by atoms with Crippen LogP contribution in [0.25, 0.3) is 0 Å². The number of urea groups is 1. The molecule has 6 heteroatoms. The fourth-order valence-electron chi connectivity index (χ4n) is 2.89. The second-order valence-corrected chi connectivity index (χ2v) is 6.43. The van der Waals surface area contributed by atoms with Crippen molar-refractivity contribution in [2.45, 2.75) is 65.1 Å². The average molecular weight is 299 g/mol. The second-order valence-electron chi connectivity index (χ2n) is 6.43. The molecule has 1 rings (SSSR count). The fraction of sp³-hybridized carbons (Fsp3) is 0.867. The molecule has 21 heavy (non-hydrogen) atoms. The minimum absolute atomic E-state index is 0.0749. The maximum atomic E-state index is 11.8. The van der Waals surface area contributed by atoms with E-state index in [9.17, 15) is 9.59 Å². The molecule has 0 spiro atoms. The van der Waals surface area contributed by atoms with Crippen LogP contribution in [-0.4, -0.2) is 53.2 Å². The Morgan fingerprint density at radius 2 is 1.90 bits per heavy atom. The van der Waals surface area contributed by atoms with Crippen molar-refractivity contribution in [1.29, 1.82) is 0 Å². The van der Waals surface area contributed by atoms with Gasteiger partial charge in [0.1, 0.15) is 0 Å². The summed E-state index contributed by atoms with van der Waals surface area (Å²) in [5, 5.41) is 14.7. The number of hydrogen-bond donors (Lipinski definition) is 3. The van der Waals surface area contributed by atoms with E-state index in [1.54, 1.807) is 0 Å². The Kier molecular flexibility index (Phi) is 6.95. The zero-order valence-corrected chi connectivity index (χ0v) is 13.6. The summed E-state index contributed by atoms with van der Waals surface area (Å²) in [6.45, 7) is 9.04. The zero-order chi connectivity index (χ0) is 16.0. The lowest BCUT2D eigenvalue weighted by Gasteiger charge is -2.42. The Bertz CT molecular complexity index is 354. The molecule has 122 valence electrons. The molecule has 0 heterocycles. The normalized spacial score (nSPS) is 22.8. The number of likely N-dealkylation sites (N-methyl/N-ethyl adjacent to an activating group) is 1. The standard InChI is InChI=1S/C15H29N3O3/c1-5-18(9-14(19)20)13-7-12(8-13)17-15(21)16-11(4)6-10(2)3/h10-13H,5-9H2,1-4H3,(H,19,20)(H2,16,17,21). The lowest BCUT2D eigenvalue weighted by molar-refractivity contribution is -0.139. The van der Waals surface area contributed by atoms with E-state index in [2.05, 4.69) is 24.5 Å². The number of nitrogens with zero attached hydrogens (tertiary/aromatic N) is 1. The van der Waals surface area contributed by atoms with Crippen LogP contribution in [0, 0.1) is 5.92 Å². The van der Waals surface area contributed by atoms with E-state index in [0.717, 1.165) is 25.8 Å². The van der Waals surface area contributed by atoms with Crippen LogP contribution < -0.4 is 10.6 Å². The maximum absolute atomic E-state index is 11.8. The minimum atomic E-state index is -0.798. The van der Waals surface area contributed by atoms with Crippen molar-refractivity contribution in [3.05, 3.63) is 0 Å². The van der Waals surface area contributed by atoms with Gasteiger partial charge in [-0.05, 0) is 38.6 Å². The highest BCUT2D eigenvalue weighted by molar-refractivity contribution is 5.74. The average Bonchev–Trinajstić information content (AvgIpc) is 2.29. The first kappa shape index (κ1) is 17.8. The van der Waals surface area contributed by atoms with Crippen molar-refractivity contribution < 1.29 is 14.7 Å². The van der Waals surface area contributed by atoms with Gasteiger partial charge < -0.3 is 15.7 Å². The number of rotatable bonds is 8. The lowest BCUT2D eigenvalue weighted by Crippen LogP contribution is -2.57. The van der Waals surface area contributed by atoms with Crippen molar-refractivity contribution >= 4 is 12.0 Å². The third-order valence-corrected chi connectivity index (χ3v) is 3.91. The van der Waals surface area contributed by atoms with Gasteiger partial charge in [-0.1, -0.05) is 20.8 Å². The third kappa shape index (κ3) is 6.33. The first-order valence-corrected chi connectivity index (χ1v) is 7.84. The number of nitrogens with one attached hydrogen (secondary N) is 2. The highest BCUT2D eigenvalue weighted by Crippen LogP contribution is 2.25. The second kappa shape index (κ2) is 8.22. The molecule has 1 atom stereocenters. The molecule has 1 aliphatic carbocycles. The van der Waals surface area contributed by atoms with Crippen LogP contribution in [0.5, 0.6) is 0 Å². The molecule has 3 N–H and O–H groups in total. The molecule has 1 aliphatic rings. The van der Waals surface area contributed by atoms with Gasteiger partial charge in [0.15, 0.2) is 0 Å². The summed E-state index contributed by atoms with van der Waals surface area (Å²) in [5.74, 6) is -0.240. The molecule has 0 aliphatic heterocycles. The van der Waals surface area contributed by atoms with Crippen molar-refractivity contribution in [1.82, 2.24) is 15.5 Å². The third-order valence-electron chi connectivity index (χ3n) is 3.91. The largest absolute Gasteiger partial charge is 0.480 e. The monoisotopic (exact) mass is 299 g/mol. The van der Waals surface area contributed by atoms with Gasteiger partial charge in [0.05, 0.1) is 6.54 Å².